The molecule has 0 unspecified atom stereocenters. The molecule has 53 heavy (non-hydrogen) atoms. The average molecular weight is 678 g/mol. The molecule has 0 N–H and O–H groups in total. The van der Waals surface area contributed by atoms with Crippen LogP contribution in [0.5, 0.6) is 0 Å². The molecule has 9 aromatic carbocycles. The summed E-state index contributed by atoms with van der Waals surface area (Å²) >= 11 is 0. The van der Waals surface area contributed by atoms with Gasteiger partial charge in [-0.15, -0.1) is 0 Å². The number of para-hydroxylation sites is 2. The van der Waals surface area contributed by atoms with Crippen molar-refractivity contribution in [3.63, 3.8) is 0 Å². The van der Waals surface area contributed by atoms with Crippen LogP contribution in [0.4, 0.5) is 17.1 Å². The van der Waals surface area contributed by atoms with E-state index in [0.717, 1.165) is 77.6 Å². The predicted molar refractivity (Wildman–Crippen MR) is 222 cm³/mol. The molecular weight excluding hydrogens is 647 g/mol. The van der Waals surface area contributed by atoms with Crippen LogP contribution >= 0.6 is 0 Å². The Hall–Kier alpha value is -7.10. The average Bonchev–Trinajstić information content (AvgIpc) is 3.79. The van der Waals surface area contributed by atoms with Crippen LogP contribution in [-0.2, 0) is 0 Å². The molecule has 11 rings (SSSR count). The molecule has 2 heterocycles. The van der Waals surface area contributed by atoms with E-state index in [1.807, 2.05) is 18.2 Å². The van der Waals surface area contributed by atoms with Crippen LogP contribution in [0.25, 0.3) is 87.7 Å². The van der Waals surface area contributed by atoms with Crippen LogP contribution in [-0.4, -0.2) is 0 Å². The highest BCUT2D eigenvalue weighted by Crippen LogP contribution is 2.44. The Balaban J connectivity index is 1.07. The van der Waals surface area contributed by atoms with E-state index in [-0.39, 0.29) is 0 Å². The van der Waals surface area contributed by atoms with Crippen molar-refractivity contribution in [2.45, 2.75) is 0 Å². The molecule has 0 saturated carbocycles. The smallest absolute Gasteiger partial charge is 0.159 e. The highest BCUT2D eigenvalue weighted by Gasteiger charge is 2.21. The van der Waals surface area contributed by atoms with E-state index in [1.165, 1.54) is 27.1 Å². The third-order valence-corrected chi connectivity index (χ3v) is 10.7. The van der Waals surface area contributed by atoms with E-state index in [9.17, 15) is 0 Å². The summed E-state index contributed by atoms with van der Waals surface area (Å²) in [6.45, 7) is 0. The number of benzene rings is 9. The monoisotopic (exact) mass is 677 g/mol. The van der Waals surface area contributed by atoms with Gasteiger partial charge < -0.3 is 13.7 Å². The van der Waals surface area contributed by atoms with Gasteiger partial charge in [0.15, 0.2) is 5.58 Å². The molecule has 0 amide bonds. The van der Waals surface area contributed by atoms with Gasteiger partial charge in [0, 0.05) is 33.3 Å². The first kappa shape index (κ1) is 29.6. The van der Waals surface area contributed by atoms with E-state index in [0.29, 0.717) is 0 Å². The molecule has 0 aliphatic heterocycles. The number of rotatable bonds is 5. The zero-order valence-corrected chi connectivity index (χ0v) is 28.7. The summed E-state index contributed by atoms with van der Waals surface area (Å²) in [5.74, 6) is 0. The molecule has 0 spiro atoms. The first-order chi connectivity index (χ1) is 26.2. The van der Waals surface area contributed by atoms with Gasteiger partial charge in [0.05, 0.1) is 11.4 Å². The maximum absolute atomic E-state index is 6.80. The highest BCUT2D eigenvalue weighted by atomic mass is 16.3. The van der Waals surface area contributed by atoms with E-state index in [2.05, 4.69) is 175 Å². The molecular formula is C50H31NO2. The Kier molecular flexibility index (Phi) is 6.55. The summed E-state index contributed by atoms with van der Waals surface area (Å²) in [5.41, 5.74) is 11.0. The zero-order chi connectivity index (χ0) is 34.9. The molecule has 3 nitrogen and oxygen atoms in total. The first-order valence-electron chi connectivity index (χ1n) is 18.0. The van der Waals surface area contributed by atoms with Crippen LogP contribution in [0.3, 0.4) is 0 Å². The Labute approximate surface area is 305 Å². The number of furan rings is 2. The number of hydrogen-bond donors (Lipinski definition) is 0. The van der Waals surface area contributed by atoms with Crippen LogP contribution in [0.1, 0.15) is 0 Å². The second-order valence-electron chi connectivity index (χ2n) is 13.7. The summed E-state index contributed by atoms with van der Waals surface area (Å²) < 4.78 is 13.2. The summed E-state index contributed by atoms with van der Waals surface area (Å²) in [6, 6.07) is 66.7. The number of anilines is 3. The number of nitrogens with zero attached hydrogens (tertiary/aromatic N) is 1. The maximum Gasteiger partial charge on any atom is 0.159 e. The molecule has 0 saturated heterocycles. The van der Waals surface area contributed by atoms with Crippen molar-refractivity contribution >= 4 is 82.5 Å². The molecule has 0 atom stereocenters. The molecule has 0 bridgehead atoms. The molecule has 0 aliphatic rings. The van der Waals surface area contributed by atoms with Gasteiger partial charge in [-0.3, -0.25) is 0 Å². The highest BCUT2D eigenvalue weighted by molar-refractivity contribution is 6.12. The van der Waals surface area contributed by atoms with Crippen LogP contribution in [0.2, 0.25) is 0 Å². The Bertz CT molecular complexity index is 3170. The molecule has 248 valence electrons. The Morgan fingerprint density at radius 3 is 1.77 bits per heavy atom. The van der Waals surface area contributed by atoms with E-state index in [4.69, 9.17) is 8.83 Å². The normalized spacial score (nSPS) is 11.8. The first-order valence-corrected chi connectivity index (χ1v) is 18.0. The van der Waals surface area contributed by atoms with Crippen molar-refractivity contribution in [3.8, 4) is 22.3 Å². The fraction of sp³-hybridized carbons (Fsp3) is 0. The van der Waals surface area contributed by atoms with E-state index < -0.39 is 0 Å². The summed E-state index contributed by atoms with van der Waals surface area (Å²) in [6.07, 6.45) is 0. The second kappa shape index (κ2) is 11.7. The summed E-state index contributed by atoms with van der Waals surface area (Å²) in [7, 11) is 0. The molecule has 2 aromatic heterocycles. The number of hydrogen-bond acceptors (Lipinski definition) is 3. The maximum atomic E-state index is 6.80. The SMILES string of the molecule is c1ccc(-c2ccc3c(c2)oc2c(N(c4ccc(-c5ccc6c(ccc7ccccc76)c5)cc4)c4ccc5c(c4)oc4ccccc45)cccc23)cc1. The van der Waals surface area contributed by atoms with Gasteiger partial charge in [0.2, 0.25) is 0 Å². The molecule has 0 radical (unpaired) electrons. The minimum Gasteiger partial charge on any atom is -0.456 e. The lowest BCUT2D eigenvalue weighted by atomic mass is 9.97. The Morgan fingerprint density at radius 2 is 0.887 bits per heavy atom. The van der Waals surface area contributed by atoms with Crippen molar-refractivity contribution in [3.05, 3.63) is 188 Å². The van der Waals surface area contributed by atoms with Crippen molar-refractivity contribution in [1.29, 1.82) is 0 Å². The summed E-state index contributed by atoms with van der Waals surface area (Å²) in [5, 5.41) is 9.42. The van der Waals surface area contributed by atoms with Gasteiger partial charge in [0.1, 0.15) is 16.7 Å². The van der Waals surface area contributed by atoms with Crippen molar-refractivity contribution in [2.75, 3.05) is 4.90 Å². The lowest BCUT2D eigenvalue weighted by molar-refractivity contribution is 0.667. The molecule has 3 heteroatoms. The third kappa shape index (κ3) is 4.82. The molecule has 0 fully saturated rings. The van der Waals surface area contributed by atoms with Gasteiger partial charge in [-0.25, -0.2) is 0 Å². The second-order valence-corrected chi connectivity index (χ2v) is 13.7. The fourth-order valence-corrected chi connectivity index (χ4v) is 8.05. The standard InChI is InChI=1S/C50H31NO2/c1-2-9-32(10-3-1)36-22-27-44-45-14-8-15-46(50(45)53-48(44)30-36)51(39-25-28-43-42-13-6-7-16-47(42)52-49(43)31-39)38-23-19-33(20-24-38)35-21-26-41-37(29-35)18-17-34-11-4-5-12-40(34)41/h1-31H. The molecule has 11 aromatic rings. The Morgan fingerprint density at radius 1 is 0.302 bits per heavy atom. The van der Waals surface area contributed by atoms with Crippen LogP contribution in [0.15, 0.2) is 197 Å². The van der Waals surface area contributed by atoms with Crippen LogP contribution in [0, 0.1) is 0 Å². The predicted octanol–water partition coefficient (Wildman–Crippen LogP) is 14.6. The van der Waals surface area contributed by atoms with Crippen molar-refractivity contribution in [1.82, 2.24) is 0 Å². The topological polar surface area (TPSA) is 29.5 Å². The lowest BCUT2D eigenvalue weighted by Gasteiger charge is -2.25. The lowest BCUT2D eigenvalue weighted by Crippen LogP contribution is -2.10. The zero-order valence-electron chi connectivity index (χ0n) is 28.7. The quantitative estimate of drug-likeness (QED) is 0.170. The van der Waals surface area contributed by atoms with Crippen LogP contribution < -0.4 is 4.90 Å². The minimum absolute atomic E-state index is 0.836. The minimum atomic E-state index is 0.836. The largest absolute Gasteiger partial charge is 0.456 e. The van der Waals surface area contributed by atoms with E-state index in [1.54, 1.807) is 0 Å². The van der Waals surface area contributed by atoms with Crippen molar-refractivity contribution in [2.24, 2.45) is 0 Å². The summed E-state index contributed by atoms with van der Waals surface area (Å²) in [4.78, 5) is 2.28. The van der Waals surface area contributed by atoms with Gasteiger partial charge in [-0.05, 0) is 98.4 Å². The van der Waals surface area contributed by atoms with Gasteiger partial charge >= 0.3 is 0 Å². The van der Waals surface area contributed by atoms with Gasteiger partial charge in [0.25, 0.3) is 0 Å². The number of fused-ring (bicyclic) bond motifs is 9. The third-order valence-electron chi connectivity index (χ3n) is 10.7. The van der Waals surface area contributed by atoms with Gasteiger partial charge in [-0.1, -0.05) is 127 Å². The fourth-order valence-electron chi connectivity index (χ4n) is 8.05. The van der Waals surface area contributed by atoms with Crippen molar-refractivity contribution < 1.29 is 8.83 Å². The van der Waals surface area contributed by atoms with E-state index >= 15 is 0 Å². The van der Waals surface area contributed by atoms with Gasteiger partial charge in [-0.2, -0.15) is 0 Å². The molecule has 0 aliphatic carbocycles.